The van der Waals surface area contributed by atoms with Crippen LogP contribution in [0.3, 0.4) is 0 Å². The molecule has 12 atom stereocenters. The Hall–Kier alpha value is -8.37. The minimum absolute atomic E-state index is 0.00991. The third kappa shape index (κ3) is 18.8. The maximum absolute atomic E-state index is 14.1. The highest BCUT2D eigenvalue weighted by Crippen LogP contribution is 2.39. The third-order valence-electron chi connectivity index (χ3n) is 14.0. The van der Waals surface area contributed by atoms with Crippen LogP contribution >= 0.6 is 0 Å². The van der Waals surface area contributed by atoms with Gasteiger partial charge in [0, 0.05) is 68.5 Å². The summed E-state index contributed by atoms with van der Waals surface area (Å²) in [6.45, 7) is 3.85. The van der Waals surface area contributed by atoms with Gasteiger partial charge in [-0.3, -0.25) is 35.1 Å². The minimum Gasteiger partial charge on any atom is -0.491 e. The lowest BCUT2D eigenvalue weighted by molar-refractivity contribution is -0.385. The number of ether oxygens (including phenoxy) is 7. The van der Waals surface area contributed by atoms with E-state index >= 15 is 0 Å². The van der Waals surface area contributed by atoms with Gasteiger partial charge in [0.05, 0.1) is 58.8 Å². The fourth-order valence-corrected chi connectivity index (χ4v) is 9.81. The van der Waals surface area contributed by atoms with Crippen molar-refractivity contribution < 1.29 is 97.4 Å². The number of likely N-dealkylation sites (N-methyl/N-ethyl adjacent to an activating group) is 1. The molecule has 0 spiro atoms. The standard InChI is InChI=1S/C54H71N9O23/c1-53(2,3)86-52(72)60(5)46-43(67)48(83-29-54(46,4)73)85-45-39(57-47(68)40(65)20-21-56-49(69)80-26-30-6-12-33(13-7-30)61(74)75)24-38(59-51(71)82-28-32-10-16-35(17-11-32)63(78)79)41(42(45)66)44-37(19-18-36(84-44)25-55-22-23-64)58-50(70)81-27-31-8-14-34(15-9-31)62(76)77/h6-18,37-46,48,55,64-67,73H,19-29H2,1-5H3,(H,56,69)(H,57,68)(H,58,70)(H,59,71)/t37-,38+,39-,40-,41?,42+,43-,44+,45+,46-,48-,54+/m1/s1. The molecule has 6 rings (SSSR count). The molecule has 2 heterocycles. The Morgan fingerprint density at radius 2 is 1.24 bits per heavy atom. The molecule has 86 heavy (non-hydrogen) atoms. The third-order valence-corrected chi connectivity index (χ3v) is 14.0. The normalized spacial score (nSPS) is 24.9. The SMILES string of the molecule is CN(C(=O)OC(C)(C)C)[C@@H]1[C@@H](O)[C@@H](O[C@H]2[C@H](NC(=O)[C@H](O)CCNC(=O)OCc3ccc([N+](=O)[O-])cc3)C[C@H](NC(=O)OCc3ccc([N+](=O)[O-])cc3)C([C@H]3OC(CNCCO)=CC[C@H]3NC(=O)OCc3ccc([N+](=O)[O-])cc3)[C@@H]2O)OC[C@]1(C)O. The first-order valence-corrected chi connectivity index (χ1v) is 27.1. The highest BCUT2D eigenvalue weighted by atomic mass is 16.7. The molecule has 0 radical (unpaired) electrons. The van der Waals surface area contributed by atoms with Crippen molar-refractivity contribution in [3.63, 3.8) is 0 Å². The summed E-state index contributed by atoms with van der Waals surface area (Å²) >= 11 is 0. The number of hydrogen-bond acceptors (Lipinski definition) is 24. The molecule has 2 aliphatic heterocycles. The zero-order valence-corrected chi connectivity index (χ0v) is 47.5. The molecule has 32 heteroatoms. The lowest BCUT2D eigenvalue weighted by atomic mass is 9.72. The van der Waals surface area contributed by atoms with Crippen LogP contribution in [0.1, 0.15) is 63.6 Å². The van der Waals surface area contributed by atoms with Crippen LogP contribution in [0.5, 0.6) is 0 Å². The van der Waals surface area contributed by atoms with Crippen molar-refractivity contribution in [1.82, 2.24) is 31.5 Å². The second-order valence-electron chi connectivity index (χ2n) is 21.7. The number of nitro benzene ring substituents is 3. The number of aliphatic hydroxyl groups is 5. The van der Waals surface area contributed by atoms with Crippen LogP contribution in [-0.2, 0) is 57.8 Å². The van der Waals surface area contributed by atoms with Gasteiger partial charge in [0.1, 0.15) is 61.2 Å². The first-order valence-electron chi connectivity index (χ1n) is 27.1. The number of amides is 5. The fraction of sp³-hybridized carbons (Fsp3) is 0.537. The molecule has 0 bridgehead atoms. The number of benzene rings is 3. The van der Waals surface area contributed by atoms with E-state index in [0.29, 0.717) is 16.7 Å². The molecule has 1 unspecified atom stereocenters. The second kappa shape index (κ2) is 30.1. The molecular formula is C54H71N9O23. The van der Waals surface area contributed by atoms with Crippen molar-refractivity contribution in [3.05, 3.63) is 132 Å². The summed E-state index contributed by atoms with van der Waals surface area (Å²) in [5.74, 6) is -2.35. The van der Waals surface area contributed by atoms with Crippen molar-refractivity contribution in [2.75, 3.05) is 39.9 Å². The van der Waals surface area contributed by atoms with Gasteiger partial charge in [0.25, 0.3) is 17.1 Å². The van der Waals surface area contributed by atoms with E-state index < -0.39 is 149 Å². The van der Waals surface area contributed by atoms with Gasteiger partial charge in [0.15, 0.2) is 6.29 Å². The molecule has 3 aromatic carbocycles. The number of aliphatic hydroxyl groups excluding tert-OH is 4. The molecule has 32 nitrogen and oxygen atoms in total. The predicted octanol–water partition coefficient (Wildman–Crippen LogP) is 2.19. The molecule has 0 aromatic heterocycles. The van der Waals surface area contributed by atoms with Crippen LogP contribution in [0.4, 0.5) is 36.2 Å². The Bertz CT molecular complexity index is 2870. The van der Waals surface area contributed by atoms with E-state index in [2.05, 4.69) is 26.6 Å². The van der Waals surface area contributed by atoms with Crippen LogP contribution in [0.25, 0.3) is 0 Å². The van der Waals surface area contributed by atoms with Crippen LogP contribution in [0.15, 0.2) is 84.6 Å². The van der Waals surface area contributed by atoms with Crippen molar-refractivity contribution in [1.29, 1.82) is 0 Å². The van der Waals surface area contributed by atoms with Gasteiger partial charge in [-0.1, -0.05) is 0 Å². The number of alkyl carbamates (subject to hydrolysis) is 3. The Labute approximate surface area is 491 Å². The van der Waals surface area contributed by atoms with E-state index in [4.69, 9.17) is 33.2 Å². The average molecular weight is 1210 g/mol. The topological polar surface area (TPSA) is 444 Å². The number of carbonyl (C=O) groups excluding carboxylic acids is 5. The van der Waals surface area contributed by atoms with Gasteiger partial charge in [-0.2, -0.15) is 0 Å². The van der Waals surface area contributed by atoms with Gasteiger partial charge >= 0.3 is 24.4 Å². The van der Waals surface area contributed by atoms with Crippen LogP contribution in [0, 0.1) is 36.3 Å². The maximum atomic E-state index is 14.1. The lowest BCUT2D eigenvalue weighted by Crippen LogP contribution is -2.71. The van der Waals surface area contributed by atoms with Gasteiger partial charge in [-0.25, -0.2) is 19.2 Å². The summed E-state index contributed by atoms with van der Waals surface area (Å²) in [5.41, 5.74) is -2.52. The summed E-state index contributed by atoms with van der Waals surface area (Å²) in [4.78, 5) is 101. The number of nitro groups is 3. The van der Waals surface area contributed by atoms with Crippen molar-refractivity contribution in [3.8, 4) is 0 Å². The van der Waals surface area contributed by atoms with Crippen LogP contribution in [-0.4, -0.2) is 188 Å². The number of nitrogens with zero attached hydrogens (tertiary/aromatic N) is 4. The average Bonchev–Trinajstić information content (AvgIpc) is 1.09. The number of nitrogens with one attached hydrogen (secondary N) is 5. The Kier molecular flexibility index (Phi) is 23.4. The summed E-state index contributed by atoms with van der Waals surface area (Å²) in [6, 6.07) is 9.89. The molecule has 5 amide bonds. The van der Waals surface area contributed by atoms with Crippen molar-refractivity contribution >= 4 is 47.3 Å². The number of hydrogen-bond donors (Lipinski definition) is 10. The molecule has 1 aliphatic carbocycles. The van der Waals surface area contributed by atoms with Crippen molar-refractivity contribution in [2.45, 2.75) is 139 Å². The highest BCUT2D eigenvalue weighted by molar-refractivity contribution is 5.81. The van der Waals surface area contributed by atoms with Crippen LogP contribution < -0.4 is 26.6 Å². The summed E-state index contributed by atoms with van der Waals surface area (Å²) < 4.78 is 40.7. The fourth-order valence-electron chi connectivity index (χ4n) is 9.81. The van der Waals surface area contributed by atoms with E-state index in [0.717, 1.165) is 4.90 Å². The van der Waals surface area contributed by atoms with Gasteiger partial charge in [-0.15, -0.1) is 0 Å². The quantitative estimate of drug-likeness (QED) is 0.0266. The number of rotatable bonds is 24. The van der Waals surface area contributed by atoms with Gasteiger partial charge in [0.2, 0.25) is 5.91 Å². The molecule has 1 saturated heterocycles. The first-order chi connectivity index (χ1) is 40.6. The zero-order chi connectivity index (χ0) is 63.0. The number of non-ortho nitro benzene ring substituents is 3. The maximum Gasteiger partial charge on any atom is 0.410 e. The lowest BCUT2D eigenvalue weighted by Gasteiger charge is -2.52. The van der Waals surface area contributed by atoms with E-state index in [1.165, 1.54) is 86.8 Å². The summed E-state index contributed by atoms with van der Waals surface area (Å²) in [7, 11) is 1.25. The Balaban J connectivity index is 1.33. The summed E-state index contributed by atoms with van der Waals surface area (Å²) in [6.07, 6.45) is -14.3. The Morgan fingerprint density at radius 3 is 1.73 bits per heavy atom. The molecule has 10 N–H and O–H groups in total. The Morgan fingerprint density at radius 1 is 0.744 bits per heavy atom. The largest absolute Gasteiger partial charge is 0.491 e. The van der Waals surface area contributed by atoms with E-state index in [9.17, 15) is 79.8 Å². The smallest absolute Gasteiger partial charge is 0.410 e. The first kappa shape index (κ1) is 66.8. The highest BCUT2D eigenvalue weighted by Gasteiger charge is 2.56. The molecule has 3 aliphatic rings. The monoisotopic (exact) mass is 1210 g/mol. The van der Waals surface area contributed by atoms with Crippen LogP contribution in [0.2, 0.25) is 0 Å². The van der Waals surface area contributed by atoms with E-state index in [1.807, 2.05) is 0 Å². The molecular weight excluding hydrogens is 1140 g/mol. The predicted molar refractivity (Wildman–Crippen MR) is 295 cm³/mol. The minimum atomic E-state index is -1.99. The zero-order valence-electron chi connectivity index (χ0n) is 47.5. The van der Waals surface area contributed by atoms with Gasteiger partial charge in [-0.05, 0) is 106 Å². The van der Waals surface area contributed by atoms with Crippen molar-refractivity contribution in [2.24, 2.45) is 5.92 Å². The van der Waals surface area contributed by atoms with E-state index in [1.54, 1.807) is 26.8 Å². The van der Waals surface area contributed by atoms with Gasteiger partial charge < -0.3 is 90.2 Å². The molecule has 2 fully saturated rings. The van der Waals surface area contributed by atoms with E-state index in [-0.39, 0.29) is 68.7 Å². The number of carbonyl (C=O) groups is 5. The molecule has 3 aromatic rings. The molecule has 470 valence electrons. The molecule has 1 saturated carbocycles. The summed E-state index contributed by atoms with van der Waals surface area (Å²) in [5, 5.41) is 105. The second-order valence-corrected chi connectivity index (χ2v) is 21.7.